The molecule has 0 fully saturated rings. The van der Waals surface area contributed by atoms with Gasteiger partial charge >= 0.3 is 0 Å². The minimum absolute atomic E-state index is 0.225. The fourth-order valence-electron chi connectivity index (χ4n) is 2.66. The van der Waals surface area contributed by atoms with Crippen molar-refractivity contribution < 1.29 is 4.74 Å². The molecule has 2 atom stereocenters. The lowest BCUT2D eigenvalue weighted by molar-refractivity contribution is 0.0656. The second-order valence-electron chi connectivity index (χ2n) is 5.05. The van der Waals surface area contributed by atoms with Crippen LogP contribution in [0.2, 0.25) is 0 Å². The number of likely N-dealkylation sites (N-methyl/N-ethyl adjacent to an activating group) is 1. The number of benzene rings is 1. The molecule has 0 amide bonds. The van der Waals surface area contributed by atoms with E-state index in [4.69, 9.17) is 9.72 Å². The van der Waals surface area contributed by atoms with Gasteiger partial charge in [0.05, 0.1) is 11.6 Å². The van der Waals surface area contributed by atoms with Gasteiger partial charge in [-0.05, 0) is 25.1 Å². The van der Waals surface area contributed by atoms with Gasteiger partial charge < -0.3 is 10.1 Å². The van der Waals surface area contributed by atoms with Crippen LogP contribution in [0.5, 0.6) is 0 Å². The summed E-state index contributed by atoms with van der Waals surface area (Å²) in [5.41, 5.74) is 2.18. The zero-order valence-electron chi connectivity index (χ0n) is 12.6. The Bertz CT molecular complexity index is 537. The predicted molar refractivity (Wildman–Crippen MR) is 84.0 cm³/mol. The second-order valence-corrected chi connectivity index (χ2v) is 5.05. The SMILES string of the molecule is CCNC(Cc1ccc2ccccc2n1)C(CC)OC. The summed E-state index contributed by atoms with van der Waals surface area (Å²) in [7, 11) is 1.78. The summed E-state index contributed by atoms with van der Waals surface area (Å²) < 4.78 is 5.58. The summed E-state index contributed by atoms with van der Waals surface area (Å²) >= 11 is 0. The third kappa shape index (κ3) is 3.56. The van der Waals surface area contributed by atoms with Gasteiger partial charge in [-0.1, -0.05) is 38.1 Å². The van der Waals surface area contributed by atoms with E-state index in [-0.39, 0.29) is 6.10 Å². The van der Waals surface area contributed by atoms with Crippen LogP contribution in [0, 0.1) is 0 Å². The Morgan fingerprint density at radius 2 is 1.95 bits per heavy atom. The Kier molecular flexibility index (Phi) is 5.50. The van der Waals surface area contributed by atoms with Gasteiger partial charge in [0.25, 0.3) is 0 Å². The van der Waals surface area contributed by atoms with Crippen LogP contribution in [0.3, 0.4) is 0 Å². The molecule has 1 aromatic carbocycles. The fraction of sp³-hybridized carbons (Fsp3) is 0.471. The molecular weight excluding hydrogens is 248 g/mol. The van der Waals surface area contributed by atoms with Crippen LogP contribution in [0.25, 0.3) is 10.9 Å². The molecule has 0 aliphatic heterocycles. The number of rotatable bonds is 7. The van der Waals surface area contributed by atoms with Crippen LogP contribution >= 0.6 is 0 Å². The van der Waals surface area contributed by atoms with E-state index < -0.39 is 0 Å². The summed E-state index contributed by atoms with van der Waals surface area (Å²) in [6.45, 7) is 5.23. The highest BCUT2D eigenvalue weighted by Crippen LogP contribution is 2.15. The molecule has 3 nitrogen and oxygen atoms in total. The van der Waals surface area contributed by atoms with Gasteiger partial charge in [-0.25, -0.2) is 0 Å². The van der Waals surface area contributed by atoms with Crippen molar-refractivity contribution >= 4 is 10.9 Å². The smallest absolute Gasteiger partial charge is 0.0725 e. The topological polar surface area (TPSA) is 34.2 Å². The minimum atomic E-state index is 0.225. The molecule has 0 saturated heterocycles. The summed E-state index contributed by atoms with van der Waals surface area (Å²) in [5.74, 6) is 0. The quantitative estimate of drug-likeness (QED) is 0.840. The maximum atomic E-state index is 5.58. The molecule has 1 heterocycles. The van der Waals surface area contributed by atoms with E-state index in [0.29, 0.717) is 6.04 Å². The van der Waals surface area contributed by atoms with Crippen LogP contribution in [-0.2, 0) is 11.2 Å². The fourth-order valence-corrected chi connectivity index (χ4v) is 2.66. The molecule has 2 aromatic rings. The van der Waals surface area contributed by atoms with Gasteiger partial charge in [0, 0.05) is 30.7 Å². The Labute approximate surface area is 121 Å². The van der Waals surface area contributed by atoms with Crippen molar-refractivity contribution in [1.82, 2.24) is 10.3 Å². The van der Waals surface area contributed by atoms with Crippen molar-refractivity contribution in [3.63, 3.8) is 0 Å². The maximum absolute atomic E-state index is 5.58. The third-order valence-electron chi connectivity index (χ3n) is 3.71. The molecule has 0 radical (unpaired) electrons. The molecule has 0 aliphatic carbocycles. The van der Waals surface area contributed by atoms with E-state index in [1.54, 1.807) is 7.11 Å². The number of fused-ring (bicyclic) bond motifs is 1. The highest BCUT2D eigenvalue weighted by molar-refractivity contribution is 5.78. The van der Waals surface area contributed by atoms with E-state index in [0.717, 1.165) is 30.6 Å². The third-order valence-corrected chi connectivity index (χ3v) is 3.71. The van der Waals surface area contributed by atoms with E-state index in [2.05, 4.69) is 43.4 Å². The summed E-state index contributed by atoms with van der Waals surface area (Å²) in [6, 6.07) is 12.8. The van der Waals surface area contributed by atoms with Crippen molar-refractivity contribution in [2.75, 3.05) is 13.7 Å². The van der Waals surface area contributed by atoms with Crippen molar-refractivity contribution in [2.24, 2.45) is 0 Å². The van der Waals surface area contributed by atoms with E-state index in [9.17, 15) is 0 Å². The maximum Gasteiger partial charge on any atom is 0.0725 e. The Morgan fingerprint density at radius 1 is 1.15 bits per heavy atom. The first-order valence-corrected chi connectivity index (χ1v) is 7.39. The molecule has 2 rings (SSSR count). The summed E-state index contributed by atoms with van der Waals surface area (Å²) in [5, 5.41) is 4.71. The lowest BCUT2D eigenvalue weighted by atomic mass is 10.0. The highest BCUT2D eigenvalue weighted by atomic mass is 16.5. The van der Waals surface area contributed by atoms with Gasteiger partial charge in [0.1, 0.15) is 0 Å². The number of ether oxygens (including phenoxy) is 1. The number of hydrogen-bond donors (Lipinski definition) is 1. The molecule has 0 bridgehead atoms. The monoisotopic (exact) mass is 272 g/mol. The first-order valence-electron chi connectivity index (χ1n) is 7.39. The van der Waals surface area contributed by atoms with Crippen LogP contribution in [-0.4, -0.2) is 30.8 Å². The van der Waals surface area contributed by atoms with Gasteiger partial charge in [-0.3, -0.25) is 4.98 Å². The number of nitrogens with zero attached hydrogens (tertiary/aromatic N) is 1. The Morgan fingerprint density at radius 3 is 2.65 bits per heavy atom. The molecule has 2 unspecified atom stereocenters. The van der Waals surface area contributed by atoms with E-state index in [1.807, 2.05) is 12.1 Å². The van der Waals surface area contributed by atoms with Gasteiger partial charge in [0.15, 0.2) is 0 Å². The van der Waals surface area contributed by atoms with Gasteiger partial charge in [0.2, 0.25) is 0 Å². The largest absolute Gasteiger partial charge is 0.380 e. The minimum Gasteiger partial charge on any atom is -0.380 e. The second kappa shape index (κ2) is 7.36. The van der Waals surface area contributed by atoms with Crippen LogP contribution < -0.4 is 5.32 Å². The molecular formula is C17H24N2O. The number of hydrogen-bond acceptors (Lipinski definition) is 3. The first kappa shape index (κ1) is 14.9. The molecule has 0 aliphatic rings. The van der Waals surface area contributed by atoms with E-state index >= 15 is 0 Å². The lowest BCUT2D eigenvalue weighted by Crippen LogP contribution is -2.42. The number of aromatic nitrogens is 1. The molecule has 1 aromatic heterocycles. The molecule has 0 saturated carbocycles. The van der Waals surface area contributed by atoms with Crippen molar-refractivity contribution in [1.29, 1.82) is 0 Å². The van der Waals surface area contributed by atoms with Crippen LogP contribution in [0.15, 0.2) is 36.4 Å². The predicted octanol–water partition coefficient (Wildman–Crippen LogP) is 3.18. The molecule has 20 heavy (non-hydrogen) atoms. The molecule has 1 N–H and O–H groups in total. The standard InChI is InChI=1S/C17H24N2O/c1-4-17(20-3)16(18-5-2)12-14-11-10-13-8-6-7-9-15(13)19-14/h6-11,16-18H,4-5,12H2,1-3H3. The Balaban J connectivity index is 2.19. The van der Waals surface area contributed by atoms with Crippen molar-refractivity contribution in [2.45, 2.75) is 38.8 Å². The number of nitrogens with one attached hydrogen (secondary N) is 1. The van der Waals surface area contributed by atoms with E-state index in [1.165, 1.54) is 5.39 Å². The number of para-hydroxylation sites is 1. The first-order chi connectivity index (χ1) is 9.78. The lowest BCUT2D eigenvalue weighted by Gasteiger charge is -2.25. The zero-order chi connectivity index (χ0) is 14.4. The average molecular weight is 272 g/mol. The van der Waals surface area contributed by atoms with Crippen LogP contribution in [0.1, 0.15) is 26.0 Å². The Hall–Kier alpha value is -1.45. The molecule has 108 valence electrons. The summed E-state index contributed by atoms with van der Waals surface area (Å²) in [6.07, 6.45) is 2.12. The van der Waals surface area contributed by atoms with Crippen molar-refractivity contribution in [3.05, 3.63) is 42.1 Å². The molecule has 0 spiro atoms. The number of pyridine rings is 1. The van der Waals surface area contributed by atoms with Crippen LogP contribution in [0.4, 0.5) is 0 Å². The zero-order valence-corrected chi connectivity index (χ0v) is 12.6. The molecule has 3 heteroatoms. The summed E-state index contributed by atoms with van der Waals surface area (Å²) in [4.78, 5) is 4.75. The van der Waals surface area contributed by atoms with Gasteiger partial charge in [-0.15, -0.1) is 0 Å². The highest BCUT2D eigenvalue weighted by Gasteiger charge is 2.19. The van der Waals surface area contributed by atoms with Crippen molar-refractivity contribution in [3.8, 4) is 0 Å². The normalized spacial score (nSPS) is 14.3. The van der Waals surface area contributed by atoms with Gasteiger partial charge in [-0.2, -0.15) is 0 Å². The number of methoxy groups -OCH3 is 1. The average Bonchev–Trinajstić information content (AvgIpc) is 2.48.